The van der Waals surface area contributed by atoms with Gasteiger partial charge in [-0.1, -0.05) is 30.3 Å². The molecule has 3 rings (SSSR count). The fourth-order valence-electron chi connectivity index (χ4n) is 3.09. The molecule has 126 valence electrons. The highest BCUT2D eigenvalue weighted by atomic mass is 16.2. The van der Waals surface area contributed by atoms with Gasteiger partial charge in [0.15, 0.2) is 0 Å². The molecule has 2 aromatic rings. The third kappa shape index (κ3) is 3.71. The van der Waals surface area contributed by atoms with Crippen LogP contribution in [0.4, 0.5) is 5.82 Å². The Labute approximate surface area is 142 Å². The molecule has 1 saturated heterocycles. The van der Waals surface area contributed by atoms with Crippen molar-refractivity contribution in [2.75, 3.05) is 31.6 Å². The molecule has 1 fully saturated rings. The Hall–Kier alpha value is -2.47. The van der Waals surface area contributed by atoms with Gasteiger partial charge in [-0.25, -0.2) is 9.97 Å². The maximum Gasteiger partial charge on any atom is 0.243 e. The Morgan fingerprint density at radius 3 is 2.75 bits per heavy atom. The molecule has 24 heavy (non-hydrogen) atoms. The smallest absolute Gasteiger partial charge is 0.243 e. The van der Waals surface area contributed by atoms with Crippen molar-refractivity contribution in [3.05, 3.63) is 54.0 Å². The van der Waals surface area contributed by atoms with E-state index in [0.717, 1.165) is 31.1 Å². The molecule has 1 aliphatic rings. The van der Waals surface area contributed by atoms with Gasteiger partial charge in [0, 0.05) is 45.0 Å². The minimum atomic E-state index is -0.248. The summed E-state index contributed by atoms with van der Waals surface area (Å²) in [7, 11) is 1.68. The summed E-state index contributed by atoms with van der Waals surface area (Å²) in [5.41, 5.74) is 2.17. The molecule has 1 aromatic heterocycles. The van der Waals surface area contributed by atoms with E-state index in [1.54, 1.807) is 13.4 Å². The van der Waals surface area contributed by atoms with Crippen molar-refractivity contribution in [2.45, 2.75) is 19.5 Å². The average Bonchev–Trinajstić information content (AvgIpc) is 2.62. The van der Waals surface area contributed by atoms with Gasteiger partial charge >= 0.3 is 0 Å². The maximum atomic E-state index is 12.4. The second-order valence-electron chi connectivity index (χ2n) is 6.06. The summed E-state index contributed by atoms with van der Waals surface area (Å²) in [5.74, 6) is 0.833. The molecular weight excluding hydrogens is 302 g/mol. The zero-order chi connectivity index (χ0) is 16.9. The number of amides is 1. The minimum Gasteiger partial charge on any atom is -0.357 e. The highest BCUT2D eigenvalue weighted by molar-refractivity contribution is 5.85. The molecule has 1 aliphatic heterocycles. The monoisotopic (exact) mass is 325 g/mol. The molecule has 6 nitrogen and oxygen atoms in total. The lowest BCUT2D eigenvalue weighted by Crippen LogP contribution is -2.58. The van der Waals surface area contributed by atoms with E-state index in [-0.39, 0.29) is 11.9 Å². The van der Waals surface area contributed by atoms with Gasteiger partial charge in [0.05, 0.1) is 0 Å². The van der Waals surface area contributed by atoms with Crippen molar-refractivity contribution in [2.24, 2.45) is 0 Å². The standard InChI is InChI=1S/C18H23N5O/c1-14-10-17(21-13-20-14)23-9-8-22(12-16(23)18(24)19-2)11-15-6-4-3-5-7-15/h3-7,10,13,16H,8-9,11-12H2,1-2H3,(H,19,24)/t16-/m1/s1. The molecule has 0 spiro atoms. The first kappa shape index (κ1) is 16.4. The molecule has 1 N–H and O–H groups in total. The van der Waals surface area contributed by atoms with E-state index in [0.29, 0.717) is 6.54 Å². The Kier molecular flexibility index (Phi) is 5.05. The number of hydrogen-bond donors (Lipinski definition) is 1. The van der Waals surface area contributed by atoms with Crippen molar-refractivity contribution in [1.29, 1.82) is 0 Å². The van der Waals surface area contributed by atoms with Crippen LogP contribution in [0.3, 0.4) is 0 Å². The van der Waals surface area contributed by atoms with Crippen molar-refractivity contribution >= 4 is 11.7 Å². The van der Waals surface area contributed by atoms with Gasteiger partial charge in [-0.3, -0.25) is 9.69 Å². The number of hydrogen-bond acceptors (Lipinski definition) is 5. The zero-order valence-corrected chi connectivity index (χ0v) is 14.1. The lowest BCUT2D eigenvalue weighted by Gasteiger charge is -2.41. The minimum absolute atomic E-state index is 0.0176. The first-order valence-corrected chi connectivity index (χ1v) is 8.20. The van der Waals surface area contributed by atoms with E-state index in [1.165, 1.54) is 5.56 Å². The van der Waals surface area contributed by atoms with Crippen molar-refractivity contribution in [3.8, 4) is 0 Å². The van der Waals surface area contributed by atoms with E-state index >= 15 is 0 Å². The van der Waals surface area contributed by atoms with Crippen molar-refractivity contribution < 1.29 is 4.79 Å². The number of aryl methyl sites for hydroxylation is 1. The van der Waals surface area contributed by atoms with Crippen LogP contribution in [0.1, 0.15) is 11.3 Å². The second-order valence-corrected chi connectivity index (χ2v) is 6.06. The summed E-state index contributed by atoms with van der Waals surface area (Å²) in [4.78, 5) is 25.3. The first-order valence-electron chi connectivity index (χ1n) is 8.20. The number of anilines is 1. The predicted octanol–water partition coefficient (Wildman–Crippen LogP) is 1.22. The van der Waals surface area contributed by atoms with Crippen LogP contribution in [0, 0.1) is 6.92 Å². The number of rotatable bonds is 4. The molecule has 0 bridgehead atoms. The van der Waals surface area contributed by atoms with Crippen LogP contribution in [0.15, 0.2) is 42.7 Å². The Morgan fingerprint density at radius 2 is 2.04 bits per heavy atom. The number of benzene rings is 1. The van der Waals surface area contributed by atoms with Crippen LogP contribution in [-0.2, 0) is 11.3 Å². The topological polar surface area (TPSA) is 61.4 Å². The molecule has 1 amide bonds. The summed E-state index contributed by atoms with van der Waals surface area (Å²) >= 11 is 0. The van der Waals surface area contributed by atoms with Crippen LogP contribution in [-0.4, -0.2) is 53.5 Å². The van der Waals surface area contributed by atoms with Crippen LogP contribution in [0.5, 0.6) is 0 Å². The van der Waals surface area contributed by atoms with Gasteiger partial charge < -0.3 is 10.2 Å². The van der Waals surface area contributed by atoms with Gasteiger partial charge in [-0.05, 0) is 12.5 Å². The molecule has 6 heteroatoms. The van der Waals surface area contributed by atoms with Crippen molar-refractivity contribution in [1.82, 2.24) is 20.2 Å². The highest BCUT2D eigenvalue weighted by Gasteiger charge is 2.32. The molecule has 1 aromatic carbocycles. The molecule has 0 radical (unpaired) electrons. The Morgan fingerprint density at radius 1 is 1.25 bits per heavy atom. The number of carbonyl (C=O) groups excluding carboxylic acids is 1. The first-order chi connectivity index (χ1) is 11.7. The summed E-state index contributed by atoms with van der Waals surface area (Å²) in [6.45, 7) is 5.13. The normalized spacial score (nSPS) is 18.4. The van der Waals surface area contributed by atoms with Gasteiger partial charge in [-0.15, -0.1) is 0 Å². The number of likely N-dealkylation sites (N-methyl/N-ethyl adjacent to an activating group) is 1. The third-order valence-corrected chi connectivity index (χ3v) is 4.35. The summed E-state index contributed by atoms with van der Waals surface area (Å²) in [6.07, 6.45) is 1.56. The number of nitrogens with zero attached hydrogens (tertiary/aromatic N) is 4. The van der Waals surface area contributed by atoms with Crippen LogP contribution in [0.25, 0.3) is 0 Å². The predicted molar refractivity (Wildman–Crippen MR) is 93.7 cm³/mol. The summed E-state index contributed by atoms with van der Waals surface area (Å²) < 4.78 is 0. The second kappa shape index (κ2) is 7.40. The zero-order valence-electron chi connectivity index (χ0n) is 14.1. The Bertz CT molecular complexity index is 691. The van der Waals surface area contributed by atoms with E-state index in [1.807, 2.05) is 31.2 Å². The maximum absolute atomic E-state index is 12.4. The lowest BCUT2D eigenvalue weighted by atomic mass is 10.1. The quantitative estimate of drug-likeness (QED) is 0.916. The number of piperazine rings is 1. The van der Waals surface area contributed by atoms with Crippen LogP contribution < -0.4 is 10.2 Å². The van der Waals surface area contributed by atoms with Crippen LogP contribution in [0.2, 0.25) is 0 Å². The van der Waals surface area contributed by atoms with E-state index in [4.69, 9.17) is 0 Å². The largest absolute Gasteiger partial charge is 0.357 e. The van der Waals surface area contributed by atoms with Gasteiger partial charge in [0.2, 0.25) is 5.91 Å². The van der Waals surface area contributed by atoms with E-state index in [9.17, 15) is 4.79 Å². The molecule has 0 saturated carbocycles. The van der Waals surface area contributed by atoms with E-state index in [2.05, 4.69) is 37.2 Å². The van der Waals surface area contributed by atoms with Gasteiger partial charge in [-0.2, -0.15) is 0 Å². The van der Waals surface area contributed by atoms with Gasteiger partial charge in [0.25, 0.3) is 0 Å². The average molecular weight is 325 g/mol. The number of aromatic nitrogens is 2. The highest BCUT2D eigenvalue weighted by Crippen LogP contribution is 2.20. The van der Waals surface area contributed by atoms with Crippen molar-refractivity contribution in [3.63, 3.8) is 0 Å². The molecule has 2 heterocycles. The lowest BCUT2D eigenvalue weighted by molar-refractivity contribution is -0.122. The molecule has 1 atom stereocenters. The number of carbonyl (C=O) groups is 1. The molecular formula is C18H23N5O. The van der Waals surface area contributed by atoms with E-state index < -0.39 is 0 Å². The SMILES string of the molecule is CNC(=O)[C@H]1CN(Cc2ccccc2)CCN1c1cc(C)ncn1. The Balaban J connectivity index is 1.77. The fraction of sp³-hybridized carbons (Fsp3) is 0.389. The number of nitrogens with one attached hydrogen (secondary N) is 1. The third-order valence-electron chi connectivity index (χ3n) is 4.35. The summed E-state index contributed by atoms with van der Waals surface area (Å²) in [6, 6.07) is 12.0. The molecule has 0 aliphatic carbocycles. The van der Waals surface area contributed by atoms with Gasteiger partial charge in [0.1, 0.15) is 18.2 Å². The van der Waals surface area contributed by atoms with Crippen LogP contribution >= 0.6 is 0 Å². The molecule has 0 unspecified atom stereocenters. The fourth-order valence-corrected chi connectivity index (χ4v) is 3.09. The summed E-state index contributed by atoms with van der Waals surface area (Å²) in [5, 5.41) is 2.78.